The van der Waals surface area contributed by atoms with Gasteiger partial charge in [0.1, 0.15) is 0 Å². The molecule has 0 radical (unpaired) electrons. The first-order valence-electron chi connectivity index (χ1n) is 5.79. The number of halogens is 2. The second-order valence-electron chi connectivity index (χ2n) is 4.32. The molecule has 96 valence electrons. The van der Waals surface area contributed by atoms with Gasteiger partial charge in [-0.3, -0.25) is 0 Å². The largest absolute Gasteiger partial charge is 0.369 e. The molecule has 0 aliphatic heterocycles. The number of nitrogens with two attached hydrogens (primary N) is 1. The van der Waals surface area contributed by atoms with Crippen molar-refractivity contribution in [3.05, 3.63) is 58.1 Å². The monoisotopic (exact) mass is 291 g/mol. The Morgan fingerprint density at radius 2 is 1.68 bits per heavy atom. The molecule has 2 aromatic carbocycles. The minimum absolute atomic E-state index is 0.479. The Morgan fingerprint density at radius 1 is 1.00 bits per heavy atom. The zero-order valence-electron chi connectivity index (χ0n) is 9.98. The SMILES string of the molecule is Nc1nc2ccc(Cl)cc2n1Cc1ccc(Cl)cc1. The van der Waals surface area contributed by atoms with E-state index in [0.717, 1.165) is 21.6 Å². The standard InChI is InChI=1S/C14H11Cl2N3/c15-10-3-1-9(2-4-10)8-19-13-7-11(16)5-6-12(13)18-14(19)17/h1-7H,8H2,(H2,17,18). The van der Waals surface area contributed by atoms with E-state index >= 15 is 0 Å². The van der Waals surface area contributed by atoms with Crippen molar-refractivity contribution in [3.63, 3.8) is 0 Å². The van der Waals surface area contributed by atoms with Gasteiger partial charge in [-0.2, -0.15) is 0 Å². The van der Waals surface area contributed by atoms with Crippen LogP contribution in [0.3, 0.4) is 0 Å². The van der Waals surface area contributed by atoms with E-state index in [1.54, 1.807) is 0 Å². The number of nitrogen functional groups attached to an aromatic ring is 1. The molecule has 0 unspecified atom stereocenters. The number of imidazole rings is 1. The number of hydrogen-bond donors (Lipinski definition) is 1. The van der Waals surface area contributed by atoms with Gasteiger partial charge in [0.05, 0.1) is 17.6 Å². The average Bonchev–Trinajstić information content (AvgIpc) is 2.69. The fourth-order valence-corrected chi connectivity index (χ4v) is 2.35. The molecule has 1 aromatic heterocycles. The lowest BCUT2D eigenvalue weighted by Gasteiger charge is -2.07. The summed E-state index contributed by atoms with van der Waals surface area (Å²) in [5.74, 6) is 0.479. The number of nitrogens with zero attached hydrogens (tertiary/aromatic N) is 2. The Morgan fingerprint density at radius 3 is 2.42 bits per heavy atom. The van der Waals surface area contributed by atoms with Crippen LogP contribution < -0.4 is 5.73 Å². The highest BCUT2D eigenvalue weighted by molar-refractivity contribution is 6.31. The molecule has 0 bridgehead atoms. The van der Waals surface area contributed by atoms with Crippen LogP contribution in [0, 0.1) is 0 Å². The van der Waals surface area contributed by atoms with E-state index in [0.29, 0.717) is 17.5 Å². The molecule has 1 heterocycles. The third-order valence-electron chi connectivity index (χ3n) is 2.99. The zero-order valence-corrected chi connectivity index (χ0v) is 11.5. The Kier molecular flexibility index (Phi) is 3.09. The van der Waals surface area contributed by atoms with E-state index in [1.165, 1.54) is 0 Å². The third kappa shape index (κ3) is 2.39. The molecule has 5 heteroatoms. The van der Waals surface area contributed by atoms with Gasteiger partial charge in [-0.1, -0.05) is 35.3 Å². The molecular weight excluding hydrogens is 281 g/mol. The topological polar surface area (TPSA) is 43.8 Å². The summed E-state index contributed by atoms with van der Waals surface area (Å²) in [7, 11) is 0. The van der Waals surface area contributed by atoms with Crippen molar-refractivity contribution in [2.24, 2.45) is 0 Å². The van der Waals surface area contributed by atoms with Crippen LogP contribution in [0.2, 0.25) is 10.0 Å². The number of aromatic nitrogens is 2. The van der Waals surface area contributed by atoms with Gasteiger partial charge >= 0.3 is 0 Å². The van der Waals surface area contributed by atoms with Gasteiger partial charge in [0.15, 0.2) is 0 Å². The van der Waals surface area contributed by atoms with E-state index < -0.39 is 0 Å². The van der Waals surface area contributed by atoms with Crippen LogP contribution in [0.1, 0.15) is 5.56 Å². The van der Waals surface area contributed by atoms with Crippen LogP contribution in [0.15, 0.2) is 42.5 Å². The molecule has 0 aliphatic rings. The summed E-state index contributed by atoms with van der Waals surface area (Å²) in [6.07, 6.45) is 0. The molecule has 0 amide bonds. The molecule has 19 heavy (non-hydrogen) atoms. The molecule has 3 nitrogen and oxygen atoms in total. The summed E-state index contributed by atoms with van der Waals surface area (Å²) in [6.45, 7) is 0.639. The van der Waals surface area contributed by atoms with Crippen molar-refractivity contribution < 1.29 is 0 Å². The molecule has 0 saturated heterocycles. The van der Waals surface area contributed by atoms with Crippen LogP contribution in [-0.4, -0.2) is 9.55 Å². The zero-order chi connectivity index (χ0) is 13.4. The molecule has 0 saturated carbocycles. The quantitative estimate of drug-likeness (QED) is 0.776. The molecule has 0 atom stereocenters. The maximum absolute atomic E-state index is 6.02. The fraction of sp³-hybridized carbons (Fsp3) is 0.0714. The smallest absolute Gasteiger partial charge is 0.201 e. The maximum Gasteiger partial charge on any atom is 0.201 e. The summed E-state index contributed by atoms with van der Waals surface area (Å²) in [4.78, 5) is 4.32. The van der Waals surface area contributed by atoms with Gasteiger partial charge in [0.2, 0.25) is 5.95 Å². The van der Waals surface area contributed by atoms with Crippen molar-refractivity contribution in [2.45, 2.75) is 6.54 Å². The van der Waals surface area contributed by atoms with Gasteiger partial charge in [-0.15, -0.1) is 0 Å². The molecule has 3 rings (SSSR count). The highest BCUT2D eigenvalue weighted by atomic mass is 35.5. The van der Waals surface area contributed by atoms with Crippen molar-refractivity contribution in [1.29, 1.82) is 0 Å². The highest BCUT2D eigenvalue weighted by Gasteiger charge is 2.09. The number of fused-ring (bicyclic) bond motifs is 1. The predicted molar refractivity (Wildman–Crippen MR) is 79.7 cm³/mol. The van der Waals surface area contributed by atoms with Gasteiger partial charge in [-0.05, 0) is 35.9 Å². The van der Waals surface area contributed by atoms with E-state index in [2.05, 4.69) is 4.98 Å². The molecule has 0 aliphatic carbocycles. The summed E-state index contributed by atoms with van der Waals surface area (Å²) in [5.41, 5.74) is 8.84. The first-order chi connectivity index (χ1) is 9.13. The van der Waals surface area contributed by atoms with Crippen molar-refractivity contribution in [3.8, 4) is 0 Å². The molecule has 0 spiro atoms. The Bertz CT molecular complexity index is 732. The van der Waals surface area contributed by atoms with E-state index in [9.17, 15) is 0 Å². The minimum atomic E-state index is 0.479. The lowest BCUT2D eigenvalue weighted by Crippen LogP contribution is -2.04. The van der Waals surface area contributed by atoms with Gasteiger partial charge < -0.3 is 10.3 Å². The van der Waals surface area contributed by atoms with E-state index in [-0.39, 0.29) is 0 Å². The van der Waals surface area contributed by atoms with Gasteiger partial charge in [0.25, 0.3) is 0 Å². The molecule has 3 aromatic rings. The Balaban J connectivity index is 2.06. The lowest BCUT2D eigenvalue weighted by atomic mass is 10.2. The fourth-order valence-electron chi connectivity index (χ4n) is 2.05. The van der Waals surface area contributed by atoms with Gasteiger partial charge in [-0.25, -0.2) is 4.98 Å². The minimum Gasteiger partial charge on any atom is -0.369 e. The number of benzene rings is 2. The van der Waals surface area contributed by atoms with Crippen LogP contribution in [0.25, 0.3) is 11.0 Å². The van der Waals surface area contributed by atoms with E-state index in [1.807, 2.05) is 47.0 Å². The number of hydrogen-bond acceptors (Lipinski definition) is 2. The second kappa shape index (κ2) is 4.76. The predicted octanol–water partition coefficient (Wildman–Crippen LogP) is 3.97. The highest BCUT2D eigenvalue weighted by Crippen LogP contribution is 2.23. The van der Waals surface area contributed by atoms with Gasteiger partial charge in [0, 0.05) is 10.0 Å². The van der Waals surface area contributed by atoms with E-state index in [4.69, 9.17) is 28.9 Å². The van der Waals surface area contributed by atoms with Crippen LogP contribution >= 0.6 is 23.2 Å². The summed E-state index contributed by atoms with van der Waals surface area (Å²) >= 11 is 11.9. The number of rotatable bonds is 2. The second-order valence-corrected chi connectivity index (χ2v) is 5.19. The molecule has 2 N–H and O–H groups in total. The maximum atomic E-state index is 6.02. The first kappa shape index (κ1) is 12.3. The van der Waals surface area contributed by atoms with Crippen molar-refractivity contribution >= 4 is 40.2 Å². The third-order valence-corrected chi connectivity index (χ3v) is 3.48. The summed E-state index contributed by atoms with van der Waals surface area (Å²) in [5, 5.41) is 1.39. The van der Waals surface area contributed by atoms with Crippen LogP contribution in [0.4, 0.5) is 5.95 Å². The molecule has 0 fully saturated rings. The Hall–Kier alpha value is -1.71. The first-order valence-corrected chi connectivity index (χ1v) is 6.55. The number of anilines is 1. The summed E-state index contributed by atoms with van der Waals surface area (Å²) in [6, 6.07) is 13.2. The lowest BCUT2D eigenvalue weighted by molar-refractivity contribution is 0.838. The Labute approximate surface area is 120 Å². The van der Waals surface area contributed by atoms with Crippen molar-refractivity contribution in [1.82, 2.24) is 9.55 Å². The molecular formula is C14H11Cl2N3. The summed E-state index contributed by atoms with van der Waals surface area (Å²) < 4.78 is 1.93. The van der Waals surface area contributed by atoms with Crippen LogP contribution in [0.5, 0.6) is 0 Å². The van der Waals surface area contributed by atoms with Crippen molar-refractivity contribution in [2.75, 3.05) is 5.73 Å². The normalized spacial score (nSPS) is 11.1. The average molecular weight is 292 g/mol. The van der Waals surface area contributed by atoms with Crippen LogP contribution in [-0.2, 0) is 6.54 Å².